The van der Waals surface area contributed by atoms with Gasteiger partial charge in [-0.1, -0.05) is 49.3 Å². The number of allylic oxidation sites excluding steroid dienone is 4. The van der Waals surface area contributed by atoms with Gasteiger partial charge in [0, 0.05) is 6.54 Å². The van der Waals surface area contributed by atoms with E-state index in [1.807, 2.05) is 0 Å². The van der Waals surface area contributed by atoms with Crippen molar-refractivity contribution in [1.82, 2.24) is 9.97 Å². The van der Waals surface area contributed by atoms with Gasteiger partial charge in [0.25, 0.3) is 5.82 Å². The molecule has 3 N–H and O–H groups in total. The summed E-state index contributed by atoms with van der Waals surface area (Å²) < 4.78 is 0. The monoisotopic (exact) mass is 424 g/mol. The van der Waals surface area contributed by atoms with Gasteiger partial charge in [-0.25, -0.2) is 4.98 Å². The molecule has 0 bridgehead atoms. The third-order valence-electron chi connectivity index (χ3n) is 7.27. The summed E-state index contributed by atoms with van der Waals surface area (Å²) in [6.07, 6.45) is 14.8. The summed E-state index contributed by atoms with van der Waals surface area (Å²) in [6.45, 7) is 15.5. The van der Waals surface area contributed by atoms with E-state index in [1.54, 1.807) is 6.33 Å². The van der Waals surface area contributed by atoms with E-state index in [9.17, 15) is 0 Å². The molecule has 0 amide bonds. The number of nitrogens with two attached hydrogens (primary N) is 1. The highest BCUT2D eigenvalue weighted by molar-refractivity contribution is 5.73. The van der Waals surface area contributed by atoms with E-state index in [4.69, 9.17) is 5.73 Å². The fraction of sp³-hybridized carbons (Fsp3) is 0.615. The van der Waals surface area contributed by atoms with Crippen LogP contribution in [0.2, 0.25) is 0 Å². The van der Waals surface area contributed by atoms with Gasteiger partial charge in [-0.05, 0) is 70.1 Å². The van der Waals surface area contributed by atoms with E-state index >= 15 is 0 Å². The van der Waals surface area contributed by atoms with Crippen LogP contribution >= 0.6 is 0 Å². The van der Waals surface area contributed by atoms with Gasteiger partial charge in [0.15, 0.2) is 18.2 Å². The molecule has 0 aromatic carbocycles. The smallest absolute Gasteiger partial charge is 0.256 e. The minimum absolute atomic E-state index is 0.410. The van der Waals surface area contributed by atoms with Gasteiger partial charge in [0.05, 0.1) is 7.05 Å². The quantitative estimate of drug-likeness (QED) is 0.588. The second kappa shape index (κ2) is 9.99. The maximum Gasteiger partial charge on any atom is 0.256 e. The maximum atomic E-state index is 6.11. The van der Waals surface area contributed by atoms with Crippen molar-refractivity contribution in [2.24, 2.45) is 11.3 Å². The van der Waals surface area contributed by atoms with Crippen LogP contribution in [-0.4, -0.2) is 30.2 Å². The van der Waals surface area contributed by atoms with Gasteiger partial charge < -0.3 is 10.6 Å². The first-order valence-corrected chi connectivity index (χ1v) is 11.9. The molecule has 1 aromatic rings. The van der Waals surface area contributed by atoms with E-state index in [0.29, 0.717) is 17.2 Å². The molecule has 3 rings (SSSR count). The number of hydrogen-bond donors (Lipinski definition) is 2. The fourth-order valence-electron chi connectivity index (χ4n) is 5.27. The van der Waals surface area contributed by atoms with Crippen molar-refractivity contribution in [3.05, 3.63) is 41.8 Å². The van der Waals surface area contributed by atoms with Crippen molar-refractivity contribution in [2.75, 3.05) is 30.9 Å². The highest BCUT2D eigenvalue weighted by Crippen LogP contribution is 2.45. The SMILES string of the molecule is C=C1CCCC(C)(C)C1CCC(C)=CCCC(C)=CCN1C[NH+](C)c2ncnc(N)c21. The summed E-state index contributed by atoms with van der Waals surface area (Å²) in [5.41, 5.74) is 11.9. The Morgan fingerprint density at radius 2 is 2.00 bits per heavy atom. The Bertz CT molecular complexity index is 851. The van der Waals surface area contributed by atoms with Gasteiger partial charge in [0.1, 0.15) is 6.33 Å². The zero-order valence-electron chi connectivity index (χ0n) is 20.3. The van der Waals surface area contributed by atoms with Crippen LogP contribution in [0.5, 0.6) is 0 Å². The van der Waals surface area contributed by atoms with Crippen molar-refractivity contribution in [3.63, 3.8) is 0 Å². The number of quaternary nitrogens is 1. The van der Waals surface area contributed by atoms with Crippen molar-refractivity contribution in [2.45, 2.75) is 72.6 Å². The van der Waals surface area contributed by atoms with E-state index < -0.39 is 0 Å². The second-order valence-electron chi connectivity index (χ2n) is 10.3. The van der Waals surface area contributed by atoms with Crippen molar-refractivity contribution in [1.29, 1.82) is 0 Å². The Hall–Kier alpha value is -2.14. The Morgan fingerprint density at radius 3 is 2.74 bits per heavy atom. The number of fused-ring (bicyclic) bond motifs is 1. The number of nitrogens with zero attached hydrogens (tertiary/aromatic N) is 3. The summed E-state index contributed by atoms with van der Waals surface area (Å²) in [7, 11) is 2.12. The molecule has 0 saturated heterocycles. The van der Waals surface area contributed by atoms with E-state index in [2.05, 4.69) is 68.3 Å². The summed E-state index contributed by atoms with van der Waals surface area (Å²) in [4.78, 5) is 12.1. The molecule has 2 atom stereocenters. The van der Waals surface area contributed by atoms with Crippen LogP contribution in [0.15, 0.2) is 41.8 Å². The van der Waals surface area contributed by atoms with Crippen LogP contribution in [-0.2, 0) is 0 Å². The zero-order chi connectivity index (χ0) is 22.6. The van der Waals surface area contributed by atoms with Gasteiger partial charge in [0.2, 0.25) is 0 Å². The Kier molecular flexibility index (Phi) is 7.58. The van der Waals surface area contributed by atoms with Crippen molar-refractivity contribution in [3.8, 4) is 0 Å². The Balaban J connectivity index is 1.46. The number of nitrogens with one attached hydrogen (secondary N) is 1. The summed E-state index contributed by atoms with van der Waals surface area (Å²) in [5, 5.41) is 0. The zero-order valence-corrected chi connectivity index (χ0v) is 20.3. The molecule has 0 spiro atoms. The number of anilines is 2. The molecule has 5 heteroatoms. The second-order valence-corrected chi connectivity index (χ2v) is 10.3. The van der Waals surface area contributed by atoms with Gasteiger partial charge >= 0.3 is 0 Å². The van der Waals surface area contributed by atoms with Gasteiger partial charge in [-0.15, -0.1) is 0 Å². The summed E-state index contributed by atoms with van der Waals surface area (Å²) in [6, 6.07) is 0. The minimum atomic E-state index is 0.410. The average molecular weight is 425 g/mol. The van der Waals surface area contributed by atoms with E-state index in [0.717, 1.165) is 37.6 Å². The van der Waals surface area contributed by atoms with Crippen LogP contribution in [0.25, 0.3) is 0 Å². The number of rotatable bonds is 8. The normalized spacial score (nSPS) is 23.9. The highest BCUT2D eigenvalue weighted by Gasteiger charge is 2.34. The lowest BCUT2D eigenvalue weighted by Crippen LogP contribution is -3.03. The molecular formula is C26H42N5+. The molecule has 1 aliphatic heterocycles. The lowest BCUT2D eigenvalue weighted by Gasteiger charge is -2.40. The fourth-order valence-corrected chi connectivity index (χ4v) is 5.27. The maximum absolute atomic E-state index is 6.11. The number of nitrogen functional groups attached to an aromatic ring is 1. The molecule has 1 aliphatic carbocycles. The predicted molar refractivity (Wildman–Crippen MR) is 131 cm³/mol. The van der Waals surface area contributed by atoms with Crippen LogP contribution in [0.4, 0.5) is 17.3 Å². The number of aromatic nitrogens is 2. The molecule has 1 aromatic heterocycles. The molecule has 5 nitrogen and oxygen atoms in total. The lowest BCUT2D eigenvalue weighted by atomic mass is 9.65. The highest BCUT2D eigenvalue weighted by atomic mass is 15.4. The molecule has 1 saturated carbocycles. The van der Waals surface area contributed by atoms with Crippen LogP contribution in [0.1, 0.15) is 72.6 Å². The Labute approximate surface area is 189 Å². The topological polar surface area (TPSA) is 59.5 Å². The summed E-state index contributed by atoms with van der Waals surface area (Å²) in [5.74, 6) is 2.25. The lowest BCUT2D eigenvalue weighted by molar-refractivity contribution is -0.805. The van der Waals surface area contributed by atoms with Gasteiger partial charge in [-0.2, -0.15) is 4.98 Å². The molecule has 2 aliphatic rings. The first-order valence-electron chi connectivity index (χ1n) is 11.9. The van der Waals surface area contributed by atoms with Crippen LogP contribution in [0, 0.1) is 11.3 Å². The molecule has 31 heavy (non-hydrogen) atoms. The molecule has 170 valence electrons. The largest absolute Gasteiger partial charge is 0.382 e. The van der Waals surface area contributed by atoms with E-state index in [1.165, 1.54) is 53.7 Å². The average Bonchev–Trinajstić information content (AvgIpc) is 3.02. The molecule has 0 radical (unpaired) electrons. The molecule has 2 unspecified atom stereocenters. The summed E-state index contributed by atoms with van der Waals surface area (Å²) >= 11 is 0. The number of hydrogen-bond acceptors (Lipinski definition) is 4. The van der Waals surface area contributed by atoms with Crippen LogP contribution in [0.3, 0.4) is 0 Å². The molecule has 1 fully saturated rings. The third-order valence-corrected chi connectivity index (χ3v) is 7.27. The molecule has 2 heterocycles. The Morgan fingerprint density at radius 1 is 1.26 bits per heavy atom. The first kappa shape index (κ1) is 23.5. The first-order chi connectivity index (χ1) is 14.7. The van der Waals surface area contributed by atoms with E-state index in [-0.39, 0.29) is 0 Å². The minimum Gasteiger partial charge on any atom is -0.382 e. The molecular weight excluding hydrogens is 382 g/mol. The predicted octanol–water partition coefficient (Wildman–Crippen LogP) is 4.82. The van der Waals surface area contributed by atoms with Crippen molar-refractivity contribution < 1.29 is 4.90 Å². The standard InChI is InChI=1S/C26H41N5/c1-19(12-13-22-21(3)11-8-15-26(22,4)5)9-7-10-20(2)14-16-31-18-30(6)25-23(31)24(27)28-17-29-25/h9,14,17,22H,3,7-8,10-13,15-16,18H2,1-2,4-6H3,(H2,27,28,29)/p+1. The third kappa shape index (κ3) is 5.76. The van der Waals surface area contributed by atoms with Gasteiger partial charge in [-0.3, -0.25) is 4.90 Å². The van der Waals surface area contributed by atoms with Crippen molar-refractivity contribution >= 4 is 17.3 Å². The van der Waals surface area contributed by atoms with Crippen LogP contribution < -0.4 is 15.5 Å².